The third-order valence-electron chi connectivity index (χ3n) is 2.78. The fourth-order valence-corrected chi connectivity index (χ4v) is 3.26. The van der Waals surface area contributed by atoms with Crippen LogP contribution >= 0.6 is 23.1 Å². The number of amides is 1. The van der Waals surface area contributed by atoms with E-state index in [0.29, 0.717) is 21.1 Å². The summed E-state index contributed by atoms with van der Waals surface area (Å²) in [5, 5.41) is 5.38. The molecule has 8 heteroatoms. The van der Waals surface area contributed by atoms with Crippen molar-refractivity contribution in [2.24, 2.45) is 0 Å². The minimum absolute atomic E-state index is 0.0944. The molecule has 0 atom stereocenters. The highest BCUT2D eigenvalue weighted by Crippen LogP contribution is 2.19. The number of nitrogens with one attached hydrogen (secondary N) is 2. The van der Waals surface area contributed by atoms with Crippen LogP contribution in [0.2, 0.25) is 0 Å². The van der Waals surface area contributed by atoms with Crippen LogP contribution in [0.1, 0.15) is 0 Å². The number of fused-ring (bicyclic) bond motifs is 1. The second-order valence-corrected chi connectivity index (χ2v) is 6.21. The van der Waals surface area contributed by atoms with Crippen LogP contribution in [0.25, 0.3) is 10.2 Å². The maximum atomic E-state index is 12.8. The predicted octanol–water partition coefficient (Wildman–Crippen LogP) is 2.85. The summed E-state index contributed by atoms with van der Waals surface area (Å²) in [6.07, 6.45) is 0. The van der Waals surface area contributed by atoms with E-state index < -0.39 is 0 Å². The van der Waals surface area contributed by atoms with Gasteiger partial charge in [-0.3, -0.25) is 9.59 Å². The van der Waals surface area contributed by atoms with Crippen molar-refractivity contribution in [3.63, 3.8) is 0 Å². The first-order valence-corrected chi connectivity index (χ1v) is 8.14. The van der Waals surface area contributed by atoms with Crippen molar-refractivity contribution in [3.05, 3.63) is 51.9 Å². The Morgan fingerprint density at radius 1 is 1.32 bits per heavy atom. The summed E-state index contributed by atoms with van der Waals surface area (Å²) in [7, 11) is 0. The monoisotopic (exact) mass is 335 g/mol. The Balaban J connectivity index is 1.64. The van der Waals surface area contributed by atoms with E-state index in [2.05, 4.69) is 15.3 Å². The van der Waals surface area contributed by atoms with E-state index in [4.69, 9.17) is 0 Å². The molecule has 0 saturated heterocycles. The van der Waals surface area contributed by atoms with Crippen molar-refractivity contribution in [2.75, 3.05) is 11.1 Å². The van der Waals surface area contributed by atoms with Gasteiger partial charge in [0, 0.05) is 5.69 Å². The number of aromatic amines is 1. The largest absolute Gasteiger partial charge is 0.325 e. The molecule has 0 bridgehead atoms. The minimum atomic E-state index is -0.363. The van der Waals surface area contributed by atoms with E-state index in [1.165, 1.54) is 35.6 Å². The lowest BCUT2D eigenvalue weighted by Crippen LogP contribution is -2.15. The Kier molecular flexibility index (Phi) is 4.21. The van der Waals surface area contributed by atoms with Gasteiger partial charge in [0.2, 0.25) is 5.91 Å². The number of rotatable bonds is 4. The summed E-state index contributed by atoms with van der Waals surface area (Å²) in [6.45, 7) is 0. The summed E-state index contributed by atoms with van der Waals surface area (Å²) in [4.78, 5) is 31.2. The van der Waals surface area contributed by atoms with Crippen molar-refractivity contribution in [1.29, 1.82) is 0 Å². The third kappa shape index (κ3) is 3.34. The molecule has 0 radical (unpaired) electrons. The second kappa shape index (κ2) is 6.29. The fourth-order valence-electron chi connectivity index (χ4n) is 1.78. The van der Waals surface area contributed by atoms with Gasteiger partial charge in [-0.15, -0.1) is 11.3 Å². The van der Waals surface area contributed by atoms with E-state index in [-0.39, 0.29) is 23.0 Å². The fraction of sp³-hybridized carbons (Fsp3) is 0.0714. The van der Waals surface area contributed by atoms with Gasteiger partial charge < -0.3 is 10.3 Å². The number of hydrogen-bond acceptors (Lipinski definition) is 5. The third-order valence-corrected chi connectivity index (χ3v) is 4.46. The van der Waals surface area contributed by atoms with Gasteiger partial charge in [0.1, 0.15) is 10.6 Å². The number of hydrogen-bond donors (Lipinski definition) is 2. The lowest BCUT2D eigenvalue weighted by molar-refractivity contribution is -0.113. The molecule has 0 aliphatic heterocycles. The molecule has 112 valence electrons. The summed E-state index contributed by atoms with van der Waals surface area (Å²) >= 11 is 2.51. The maximum Gasteiger partial charge on any atom is 0.260 e. The smallest absolute Gasteiger partial charge is 0.260 e. The summed E-state index contributed by atoms with van der Waals surface area (Å²) in [6, 6.07) is 7.21. The summed E-state index contributed by atoms with van der Waals surface area (Å²) < 4.78 is 12.8. The number of anilines is 1. The molecular formula is C14H10FN3O2S2. The van der Waals surface area contributed by atoms with E-state index in [1.807, 2.05) is 0 Å². The zero-order valence-electron chi connectivity index (χ0n) is 11.1. The number of carbonyl (C=O) groups is 1. The number of nitrogens with zero attached hydrogens (tertiary/aromatic N) is 1. The molecule has 5 nitrogen and oxygen atoms in total. The quantitative estimate of drug-likeness (QED) is 0.568. The highest BCUT2D eigenvalue weighted by molar-refractivity contribution is 7.99. The van der Waals surface area contributed by atoms with Crippen LogP contribution in [0.15, 0.2) is 45.7 Å². The van der Waals surface area contributed by atoms with Crippen LogP contribution in [0, 0.1) is 5.82 Å². The lowest BCUT2D eigenvalue weighted by atomic mass is 10.3. The average molecular weight is 335 g/mol. The van der Waals surface area contributed by atoms with Crippen molar-refractivity contribution in [1.82, 2.24) is 9.97 Å². The van der Waals surface area contributed by atoms with E-state index in [0.717, 1.165) is 11.8 Å². The standard InChI is InChI=1S/C14H10FN3O2S2/c15-8-1-3-9(4-2-8)16-11(19)7-22-14-17-12(20)10-5-6-21-13(10)18-14/h1-6H,7H2,(H,16,19)(H,17,18,20). The molecule has 1 aromatic carbocycles. The molecular weight excluding hydrogens is 325 g/mol. The molecule has 0 unspecified atom stereocenters. The number of aromatic nitrogens is 2. The van der Waals surface area contributed by atoms with Crippen molar-refractivity contribution >= 4 is 44.9 Å². The Bertz CT molecular complexity index is 874. The highest BCUT2D eigenvalue weighted by Gasteiger charge is 2.08. The number of thioether (sulfide) groups is 1. The number of thiophene rings is 1. The van der Waals surface area contributed by atoms with Gasteiger partial charge in [-0.2, -0.15) is 0 Å². The van der Waals surface area contributed by atoms with Gasteiger partial charge in [0.25, 0.3) is 5.56 Å². The SMILES string of the molecule is O=C(CSc1nc2sccc2c(=O)[nH]1)Nc1ccc(F)cc1. The molecule has 2 N–H and O–H groups in total. The number of benzene rings is 1. The first-order chi connectivity index (χ1) is 10.6. The topological polar surface area (TPSA) is 74.8 Å². The molecule has 0 aliphatic carbocycles. The zero-order valence-corrected chi connectivity index (χ0v) is 12.8. The van der Waals surface area contributed by atoms with Crippen LogP contribution in [-0.2, 0) is 4.79 Å². The molecule has 3 aromatic rings. The molecule has 3 rings (SSSR count). The molecule has 2 aromatic heterocycles. The Morgan fingerprint density at radius 3 is 2.86 bits per heavy atom. The second-order valence-electron chi connectivity index (χ2n) is 4.35. The van der Waals surface area contributed by atoms with Crippen molar-refractivity contribution < 1.29 is 9.18 Å². The van der Waals surface area contributed by atoms with Crippen molar-refractivity contribution in [2.45, 2.75) is 5.16 Å². The molecule has 0 fully saturated rings. The van der Waals surface area contributed by atoms with E-state index in [1.54, 1.807) is 11.4 Å². The van der Waals surface area contributed by atoms with Crippen LogP contribution in [-0.4, -0.2) is 21.6 Å². The van der Waals surface area contributed by atoms with Crippen LogP contribution < -0.4 is 10.9 Å². The van der Waals surface area contributed by atoms with Gasteiger partial charge >= 0.3 is 0 Å². The molecule has 0 aliphatic rings. The van der Waals surface area contributed by atoms with E-state index in [9.17, 15) is 14.0 Å². The Morgan fingerprint density at radius 2 is 2.09 bits per heavy atom. The normalized spacial score (nSPS) is 10.8. The Labute approximate surface area is 132 Å². The number of H-pyrrole nitrogens is 1. The van der Waals surface area contributed by atoms with E-state index >= 15 is 0 Å². The first-order valence-electron chi connectivity index (χ1n) is 6.27. The van der Waals surface area contributed by atoms with Crippen LogP contribution in [0.5, 0.6) is 0 Å². The first kappa shape index (κ1) is 14.7. The molecule has 0 spiro atoms. The maximum absolute atomic E-state index is 12.8. The average Bonchev–Trinajstić information content (AvgIpc) is 2.97. The molecule has 1 amide bonds. The summed E-state index contributed by atoms with van der Waals surface area (Å²) in [5.74, 6) is -0.527. The van der Waals surface area contributed by atoms with Crippen LogP contribution in [0.4, 0.5) is 10.1 Å². The van der Waals surface area contributed by atoms with Gasteiger partial charge in [0.15, 0.2) is 5.16 Å². The predicted molar refractivity (Wildman–Crippen MR) is 86.0 cm³/mol. The van der Waals surface area contributed by atoms with Gasteiger partial charge in [-0.25, -0.2) is 9.37 Å². The lowest BCUT2D eigenvalue weighted by Gasteiger charge is -2.04. The Hall–Kier alpha value is -2.19. The minimum Gasteiger partial charge on any atom is -0.325 e. The number of carbonyl (C=O) groups excluding carboxylic acids is 1. The summed E-state index contributed by atoms with van der Waals surface area (Å²) in [5.41, 5.74) is 0.301. The number of halogens is 1. The van der Waals surface area contributed by atoms with Crippen LogP contribution in [0.3, 0.4) is 0 Å². The van der Waals surface area contributed by atoms with Crippen molar-refractivity contribution in [3.8, 4) is 0 Å². The zero-order chi connectivity index (χ0) is 15.5. The highest BCUT2D eigenvalue weighted by atomic mass is 32.2. The van der Waals surface area contributed by atoms with Gasteiger partial charge in [-0.05, 0) is 35.7 Å². The van der Waals surface area contributed by atoms with Gasteiger partial charge in [0.05, 0.1) is 11.1 Å². The molecule has 0 saturated carbocycles. The molecule has 2 heterocycles. The molecule has 22 heavy (non-hydrogen) atoms. The van der Waals surface area contributed by atoms with Gasteiger partial charge in [-0.1, -0.05) is 11.8 Å².